The molecule has 2 nitrogen and oxygen atoms in total. The fourth-order valence-electron chi connectivity index (χ4n) is 7.41. The highest BCUT2D eigenvalue weighted by atomic mass is 16.3. The highest BCUT2D eigenvalue weighted by Crippen LogP contribution is 2.40. The number of furan rings is 1. The minimum absolute atomic E-state index is 0.124. The van der Waals surface area contributed by atoms with Crippen LogP contribution < -0.4 is 4.90 Å². The van der Waals surface area contributed by atoms with Gasteiger partial charge in [-0.1, -0.05) is 148 Å². The van der Waals surface area contributed by atoms with E-state index in [1.54, 1.807) is 0 Å². The van der Waals surface area contributed by atoms with Gasteiger partial charge in [0.05, 0.1) is 0 Å². The summed E-state index contributed by atoms with van der Waals surface area (Å²) in [5.41, 5.74) is 13.7. The summed E-state index contributed by atoms with van der Waals surface area (Å²) < 4.78 is 6.22. The third-order valence-corrected chi connectivity index (χ3v) is 10.3. The van der Waals surface area contributed by atoms with Gasteiger partial charge in [-0.05, 0) is 110 Å². The van der Waals surface area contributed by atoms with Crippen molar-refractivity contribution >= 4 is 49.8 Å². The van der Waals surface area contributed by atoms with E-state index < -0.39 is 0 Å². The van der Waals surface area contributed by atoms with Crippen molar-refractivity contribution < 1.29 is 4.42 Å². The van der Waals surface area contributed by atoms with E-state index in [9.17, 15) is 0 Å². The molecule has 9 rings (SSSR count). The van der Waals surface area contributed by atoms with Gasteiger partial charge in [-0.2, -0.15) is 0 Å². The Morgan fingerprint density at radius 3 is 1.65 bits per heavy atom. The summed E-state index contributed by atoms with van der Waals surface area (Å²) in [6.07, 6.45) is 0. The van der Waals surface area contributed by atoms with Gasteiger partial charge in [0.15, 0.2) is 0 Å². The molecule has 52 heavy (non-hydrogen) atoms. The minimum atomic E-state index is 0.124. The molecule has 0 unspecified atom stereocenters. The van der Waals surface area contributed by atoms with Crippen LogP contribution in [0.3, 0.4) is 0 Å². The SMILES string of the molecule is CC(C)(C)c1ccc(-c2ccc(N(c3ccc(-c4ccc5c(c4)oc4ccccc45)cc3)c3cccc(-c4cccc5ccccc45)c3)cc2)cc1. The summed E-state index contributed by atoms with van der Waals surface area (Å²) in [6.45, 7) is 6.77. The zero-order chi connectivity index (χ0) is 35.2. The van der Waals surface area contributed by atoms with E-state index in [4.69, 9.17) is 4.42 Å². The predicted molar refractivity (Wildman–Crippen MR) is 221 cm³/mol. The van der Waals surface area contributed by atoms with Gasteiger partial charge in [-0.25, -0.2) is 0 Å². The van der Waals surface area contributed by atoms with Gasteiger partial charge in [0, 0.05) is 27.8 Å². The van der Waals surface area contributed by atoms with E-state index >= 15 is 0 Å². The lowest BCUT2D eigenvalue weighted by molar-refractivity contribution is 0.590. The number of anilines is 3. The Morgan fingerprint density at radius 2 is 0.942 bits per heavy atom. The van der Waals surface area contributed by atoms with E-state index in [1.165, 1.54) is 38.6 Å². The maximum absolute atomic E-state index is 6.22. The molecule has 0 aliphatic carbocycles. The van der Waals surface area contributed by atoms with Crippen LogP contribution >= 0.6 is 0 Å². The van der Waals surface area contributed by atoms with Crippen molar-refractivity contribution in [2.45, 2.75) is 26.2 Å². The van der Waals surface area contributed by atoms with Crippen molar-refractivity contribution in [1.82, 2.24) is 0 Å². The zero-order valence-corrected chi connectivity index (χ0v) is 29.7. The molecule has 0 spiro atoms. The first-order valence-corrected chi connectivity index (χ1v) is 18.0. The van der Waals surface area contributed by atoms with Crippen LogP contribution in [0.5, 0.6) is 0 Å². The first-order valence-electron chi connectivity index (χ1n) is 18.0. The smallest absolute Gasteiger partial charge is 0.136 e. The Labute approximate surface area is 305 Å². The molecule has 2 heteroatoms. The molecule has 1 heterocycles. The lowest BCUT2D eigenvalue weighted by Gasteiger charge is -2.26. The van der Waals surface area contributed by atoms with Crippen molar-refractivity contribution in [3.8, 4) is 33.4 Å². The van der Waals surface area contributed by atoms with E-state index in [1.807, 2.05) is 12.1 Å². The maximum Gasteiger partial charge on any atom is 0.136 e. The molecule has 0 saturated heterocycles. The quantitative estimate of drug-likeness (QED) is 0.175. The zero-order valence-electron chi connectivity index (χ0n) is 29.7. The molecule has 0 N–H and O–H groups in total. The Hall–Kier alpha value is -6.38. The molecule has 0 amide bonds. The van der Waals surface area contributed by atoms with Crippen LogP contribution in [0.15, 0.2) is 186 Å². The number of nitrogens with zero attached hydrogens (tertiary/aromatic N) is 1. The highest BCUT2D eigenvalue weighted by Gasteiger charge is 2.17. The van der Waals surface area contributed by atoms with Crippen molar-refractivity contribution in [3.05, 3.63) is 188 Å². The molecular formula is C50H39NO. The number of hydrogen-bond acceptors (Lipinski definition) is 2. The van der Waals surface area contributed by atoms with Crippen LogP contribution in [0.2, 0.25) is 0 Å². The molecular weight excluding hydrogens is 631 g/mol. The van der Waals surface area contributed by atoms with Crippen LogP contribution in [-0.2, 0) is 5.41 Å². The fourth-order valence-corrected chi connectivity index (χ4v) is 7.41. The maximum atomic E-state index is 6.22. The van der Waals surface area contributed by atoms with E-state index in [2.05, 4.69) is 196 Å². The number of para-hydroxylation sites is 1. The highest BCUT2D eigenvalue weighted by molar-refractivity contribution is 6.06. The van der Waals surface area contributed by atoms with Gasteiger partial charge in [-0.15, -0.1) is 0 Å². The normalized spacial score (nSPS) is 11.8. The lowest BCUT2D eigenvalue weighted by atomic mass is 9.86. The molecule has 0 aliphatic rings. The van der Waals surface area contributed by atoms with Crippen molar-refractivity contribution in [2.75, 3.05) is 4.90 Å². The molecule has 0 saturated carbocycles. The van der Waals surface area contributed by atoms with Crippen molar-refractivity contribution in [2.24, 2.45) is 0 Å². The number of benzene rings is 8. The summed E-state index contributed by atoms with van der Waals surface area (Å²) in [4.78, 5) is 2.35. The van der Waals surface area contributed by atoms with E-state index in [-0.39, 0.29) is 5.41 Å². The van der Waals surface area contributed by atoms with Crippen LogP contribution in [0.25, 0.3) is 66.1 Å². The van der Waals surface area contributed by atoms with Crippen LogP contribution in [0, 0.1) is 0 Å². The third-order valence-electron chi connectivity index (χ3n) is 10.3. The Bertz CT molecular complexity index is 2690. The van der Waals surface area contributed by atoms with Gasteiger partial charge >= 0.3 is 0 Å². The number of fused-ring (bicyclic) bond motifs is 4. The predicted octanol–water partition coefficient (Wildman–Crippen LogP) is 14.5. The fraction of sp³-hybridized carbons (Fsp3) is 0.0800. The second-order valence-corrected chi connectivity index (χ2v) is 14.6. The summed E-state index contributed by atoms with van der Waals surface area (Å²) in [5.74, 6) is 0. The molecule has 0 atom stereocenters. The van der Waals surface area contributed by atoms with Gasteiger partial charge in [-0.3, -0.25) is 0 Å². The summed E-state index contributed by atoms with van der Waals surface area (Å²) >= 11 is 0. The Kier molecular flexibility index (Phi) is 7.74. The molecule has 9 aromatic rings. The average molecular weight is 670 g/mol. The van der Waals surface area contributed by atoms with Gasteiger partial charge in [0.1, 0.15) is 11.2 Å². The molecule has 250 valence electrons. The third kappa shape index (κ3) is 5.83. The lowest BCUT2D eigenvalue weighted by Crippen LogP contribution is -2.10. The molecule has 8 aromatic carbocycles. The number of hydrogen-bond donors (Lipinski definition) is 0. The average Bonchev–Trinajstić information content (AvgIpc) is 3.56. The Balaban J connectivity index is 1.11. The second-order valence-electron chi connectivity index (χ2n) is 14.6. The standard InChI is InChI=1S/C50H39NO/c1-50(2,3)40-25-18-34(19-26-40)35-20-27-41(28-21-35)51(43-13-8-12-39(32-43)45-16-9-11-37-10-4-5-14-44(37)45)42-29-22-36(23-30-42)38-24-31-47-46-15-6-7-17-48(46)52-49(47)33-38/h4-33H,1-3H3. The molecule has 0 bridgehead atoms. The first kappa shape index (κ1) is 31.6. The van der Waals surface area contributed by atoms with E-state index in [0.717, 1.165) is 50.1 Å². The van der Waals surface area contributed by atoms with Crippen LogP contribution in [0.1, 0.15) is 26.3 Å². The summed E-state index contributed by atoms with van der Waals surface area (Å²) in [7, 11) is 0. The summed E-state index contributed by atoms with van der Waals surface area (Å²) in [5, 5.41) is 4.78. The topological polar surface area (TPSA) is 16.4 Å². The first-order chi connectivity index (χ1) is 25.4. The molecule has 0 radical (unpaired) electrons. The van der Waals surface area contributed by atoms with Crippen LogP contribution in [-0.4, -0.2) is 0 Å². The van der Waals surface area contributed by atoms with E-state index in [0.29, 0.717) is 0 Å². The van der Waals surface area contributed by atoms with Gasteiger partial charge in [0.25, 0.3) is 0 Å². The number of rotatable bonds is 6. The molecule has 1 aromatic heterocycles. The largest absolute Gasteiger partial charge is 0.456 e. The van der Waals surface area contributed by atoms with Gasteiger partial charge < -0.3 is 9.32 Å². The monoisotopic (exact) mass is 669 g/mol. The van der Waals surface area contributed by atoms with Crippen molar-refractivity contribution in [1.29, 1.82) is 0 Å². The van der Waals surface area contributed by atoms with Crippen LogP contribution in [0.4, 0.5) is 17.1 Å². The van der Waals surface area contributed by atoms with Gasteiger partial charge in [0.2, 0.25) is 0 Å². The summed E-state index contributed by atoms with van der Waals surface area (Å²) in [6, 6.07) is 65.6. The molecule has 0 aliphatic heterocycles. The van der Waals surface area contributed by atoms with Crippen molar-refractivity contribution in [3.63, 3.8) is 0 Å². The minimum Gasteiger partial charge on any atom is -0.456 e. The molecule has 0 fully saturated rings. The Morgan fingerprint density at radius 1 is 0.385 bits per heavy atom. The second kappa shape index (κ2) is 12.7.